The molecule has 0 atom stereocenters. The molecule has 0 bridgehead atoms. The van der Waals surface area contributed by atoms with Crippen LogP contribution in [0.3, 0.4) is 0 Å². The van der Waals surface area contributed by atoms with E-state index in [2.05, 4.69) is 23.5 Å². The lowest BCUT2D eigenvalue weighted by Gasteiger charge is -2.19. The largest absolute Gasteiger partial charge is 0.509 e. The second kappa shape index (κ2) is 10.4. The fraction of sp³-hybridized carbons (Fsp3) is 0.100. The van der Waals surface area contributed by atoms with Crippen molar-refractivity contribution in [2.24, 2.45) is 0 Å². The Bertz CT molecular complexity index is 1650. The van der Waals surface area contributed by atoms with Crippen molar-refractivity contribution in [1.29, 1.82) is 5.41 Å². The summed E-state index contributed by atoms with van der Waals surface area (Å²) < 4.78 is 1.73. The number of aryl methyl sites for hydroxylation is 2. The minimum Gasteiger partial charge on any atom is -0.509 e. The first kappa shape index (κ1) is 25.2. The Hall–Kier alpha value is -4.91. The second-order valence-corrected chi connectivity index (χ2v) is 8.74. The molecule has 4 rings (SSSR count). The first-order valence-corrected chi connectivity index (χ1v) is 11.7. The van der Waals surface area contributed by atoms with Crippen molar-refractivity contribution in [3.8, 4) is 5.69 Å². The maximum absolute atomic E-state index is 13.8. The van der Waals surface area contributed by atoms with Gasteiger partial charge in [-0.1, -0.05) is 55.6 Å². The van der Waals surface area contributed by atoms with Gasteiger partial charge in [0.25, 0.3) is 5.56 Å². The molecule has 37 heavy (non-hydrogen) atoms. The van der Waals surface area contributed by atoms with E-state index in [1.165, 1.54) is 12.2 Å². The standard InChI is InChI=1S/C30H29N5O2/c1-5-21(15-20(4)36)28(31)27-24(13-14-33-29(27)32)34-17-23-16-22-11-8-10-19(3)26(22)30(37)35(23)25-12-7-6-9-18(25)2/h5-16,31,36H,1,4,17H2,2-3H3,(H3,32,33,34)/b21-15+,31-28?. The fourth-order valence-corrected chi connectivity index (χ4v) is 4.43. The van der Waals surface area contributed by atoms with Crippen LogP contribution in [-0.2, 0) is 6.54 Å². The Kier molecular flexibility index (Phi) is 7.06. The highest BCUT2D eigenvalue weighted by molar-refractivity contribution is 6.18. The van der Waals surface area contributed by atoms with Crippen molar-refractivity contribution < 1.29 is 5.11 Å². The zero-order valence-electron chi connectivity index (χ0n) is 20.9. The van der Waals surface area contributed by atoms with E-state index in [4.69, 9.17) is 11.1 Å². The highest BCUT2D eigenvalue weighted by Gasteiger charge is 2.18. The van der Waals surface area contributed by atoms with Crippen molar-refractivity contribution in [1.82, 2.24) is 9.55 Å². The molecular formula is C30H29N5O2. The minimum atomic E-state index is -0.203. The lowest BCUT2D eigenvalue weighted by atomic mass is 10.0. The maximum atomic E-state index is 13.8. The number of nitrogens with zero attached hydrogens (tertiary/aromatic N) is 2. The normalized spacial score (nSPS) is 11.4. The molecule has 0 amide bonds. The molecule has 0 unspecified atom stereocenters. The summed E-state index contributed by atoms with van der Waals surface area (Å²) in [5.41, 5.74) is 10.8. The SMILES string of the molecule is C=C/C(=C\C(=C)O)C(=N)c1c(NCc2cc3cccc(C)c3c(=O)n2-c2ccccc2C)ccnc1N. The number of aromatic nitrogens is 2. The molecule has 0 aliphatic heterocycles. The summed E-state index contributed by atoms with van der Waals surface area (Å²) >= 11 is 0. The molecule has 4 aromatic rings. The van der Waals surface area contributed by atoms with Crippen molar-refractivity contribution in [3.63, 3.8) is 0 Å². The average Bonchev–Trinajstić information content (AvgIpc) is 2.86. The number of allylic oxidation sites excluding steroid dienone is 3. The number of nitrogen functional groups attached to an aromatic ring is 1. The fourth-order valence-electron chi connectivity index (χ4n) is 4.43. The molecule has 2 aromatic carbocycles. The number of anilines is 2. The van der Waals surface area contributed by atoms with Crippen molar-refractivity contribution in [2.45, 2.75) is 20.4 Å². The van der Waals surface area contributed by atoms with Gasteiger partial charge in [-0.2, -0.15) is 0 Å². The molecule has 0 radical (unpaired) electrons. The van der Waals surface area contributed by atoms with E-state index < -0.39 is 0 Å². The van der Waals surface area contributed by atoms with Crippen LogP contribution in [0.15, 0.2) is 102 Å². The monoisotopic (exact) mass is 491 g/mol. The Morgan fingerprint density at radius 3 is 2.59 bits per heavy atom. The van der Waals surface area contributed by atoms with Crippen LogP contribution in [0.5, 0.6) is 0 Å². The smallest absolute Gasteiger partial charge is 0.263 e. The number of hydrogen-bond donors (Lipinski definition) is 4. The van der Waals surface area contributed by atoms with Crippen LogP contribution in [0.25, 0.3) is 16.5 Å². The highest BCUT2D eigenvalue weighted by Crippen LogP contribution is 2.26. The van der Waals surface area contributed by atoms with Gasteiger partial charge in [0.2, 0.25) is 0 Å². The van der Waals surface area contributed by atoms with Gasteiger partial charge in [0, 0.05) is 23.2 Å². The Morgan fingerprint density at radius 1 is 1.16 bits per heavy atom. The molecular weight excluding hydrogens is 462 g/mol. The average molecular weight is 492 g/mol. The molecule has 2 heterocycles. The number of rotatable bonds is 8. The maximum Gasteiger partial charge on any atom is 0.263 e. The lowest BCUT2D eigenvalue weighted by molar-refractivity contribution is 0.435. The van der Waals surface area contributed by atoms with Crippen LogP contribution in [0.2, 0.25) is 0 Å². The number of nitrogens with one attached hydrogen (secondary N) is 2. The van der Waals surface area contributed by atoms with Gasteiger partial charge >= 0.3 is 0 Å². The third-order valence-corrected chi connectivity index (χ3v) is 6.21. The Morgan fingerprint density at radius 2 is 1.89 bits per heavy atom. The zero-order valence-corrected chi connectivity index (χ0v) is 20.9. The first-order chi connectivity index (χ1) is 17.7. The van der Waals surface area contributed by atoms with Gasteiger partial charge in [0.15, 0.2) is 0 Å². The first-order valence-electron chi connectivity index (χ1n) is 11.7. The number of benzene rings is 2. The van der Waals surface area contributed by atoms with E-state index in [-0.39, 0.29) is 29.4 Å². The molecule has 0 saturated carbocycles. The van der Waals surface area contributed by atoms with Gasteiger partial charge in [-0.25, -0.2) is 4.98 Å². The van der Waals surface area contributed by atoms with Gasteiger partial charge < -0.3 is 16.2 Å². The summed E-state index contributed by atoms with van der Waals surface area (Å²) in [6.45, 7) is 11.4. The molecule has 7 nitrogen and oxygen atoms in total. The number of nitrogens with two attached hydrogens (primary N) is 1. The van der Waals surface area contributed by atoms with Crippen LogP contribution in [0.4, 0.5) is 11.5 Å². The van der Waals surface area contributed by atoms with E-state index in [1.807, 2.05) is 62.4 Å². The number of aliphatic hydroxyl groups is 1. The molecule has 0 saturated heterocycles. The summed E-state index contributed by atoms with van der Waals surface area (Å²) in [4.78, 5) is 18.0. The van der Waals surface area contributed by atoms with Crippen LogP contribution in [-0.4, -0.2) is 20.4 Å². The van der Waals surface area contributed by atoms with Crippen LogP contribution < -0.4 is 16.6 Å². The highest BCUT2D eigenvalue weighted by atomic mass is 16.3. The van der Waals surface area contributed by atoms with E-state index in [9.17, 15) is 9.90 Å². The van der Waals surface area contributed by atoms with Crippen LogP contribution in [0, 0.1) is 19.3 Å². The zero-order chi connectivity index (χ0) is 26.7. The van der Waals surface area contributed by atoms with Crippen LogP contribution in [0.1, 0.15) is 22.4 Å². The van der Waals surface area contributed by atoms with Gasteiger partial charge in [-0.05, 0) is 54.6 Å². The van der Waals surface area contributed by atoms with E-state index in [0.29, 0.717) is 22.2 Å². The molecule has 0 aliphatic rings. The third-order valence-electron chi connectivity index (χ3n) is 6.21. The van der Waals surface area contributed by atoms with Crippen molar-refractivity contribution in [3.05, 3.63) is 130 Å². The summed E-state index contributed by atoms with van der Waals surface area (Å²) in [5, 5.41) is 23.2. The lowest BCUT2D eigenvalue weighted by Crippen LogP contribution is -2.25. The summed E-state index contributed by atoms with van der Waals surface area (Å²) in [7, 11) is 0. The number of para-hydroxylation sites is 1. The number of aliphatic hydroxyl groups excluding tert-OH is 1. The Labute approximate surface area is 215 Å². The number of pyridine rings is 2. The van der Waals surface area contributed by atoms with E-state index >= 15 is 0 Å². The van der Waals surface area contributed by atoms with Gasteiger partial charge in [0.05, 0.1) is 28.9 Å². The Balaban J connectivity index is 1.85. The molecule has 0 aliphatic carbocycles. The molecule has 186 valence electrons. The summed E-state index contributed by atoms with van der Waals surface area (Å²) in [6.07, 6.45) is 4.34. The van der Waals surface area contributed by atoms with Crippen molar-refractivity contribution >= 4 is 28.0 Å². The predicted molar refractivity (Wildman–Crippen MR) is 152 cm³/mol. The predicted octanol–water partition coefficient (Wildman–Crippen LogP) is 5.75. The molecule has 7 heteroatoms. The summed E-state index contributed by atoms with van der Waals surface area (Å²) in [6, 6.07) is 17.3. The number of fused-ring (bicyclic) bond motifs is 1. The van der Waals surface area contributed by atoms with Crippen LogP contribution >= 0.6 is 0 Å². The molecule has 0 spiro atoms. The topological polar surface area (TPSA) is 117 Å². The van der Waals surface area contributed by atoms with Gasteiger partial charge in [0.1, 0.15) is 11.6 Å². The second-order valence-electron chi connectivity index (χ2n) is 8.74. The quantitative estimate of drug-likeness (QED) is 0.142. The molecule has 5 N–H and O–H groups in total. The molecule has 0 fully saturated rings. The minimum absolute atomic E-state index is 0.0312. The summed E-state index contributed by atoms with van der Waals surface area (Å²) in [5.74, 6) is -0.0536. The van der Waals surface area contributed by atoms with Gasteiger partial charge in [-0.3, -0.25) is 14.8 Å². The van der Waals surface area contributed by atoms with E-state index in [0.717, 1.165) is 27.9 Å². The number of hydrogen-bond acceptors (Lipinski definition) is 6. The van der Waals surface area contributed by atoms with E-state index in [1.54, 1.807) is 16.8 Å². The van der Waals surface area contributed by atoms with Crippen molar-refractivity contribution in [2.75, 3.05) is 11.1 Å². The molecule has 2 aromatic heterocycles. The third kappa shape index (κ3) is 4.92. The van der Waals surface area contributed by atoms with Gasteiger partial charge in [-0.15, -0.1) is 0 Å².